The largest absolute Gasteiger partial charge is 0.391 e. The van der Waals surface area contributed by atoms with Crippen molar-refractivity contribution >= 4 is 6.08 Å². The molecule has 0 aliphatic heterocycles. The minimum Gasteiger partial charge on any atom is -0.391 e. The van der Waals surface area contributed by atoms with E-state index in [9.17, 15) is 0 Å². The molecule has 14 heavy (non-hydrogen) atoms. The van der Waals surface area contributed by atoms with Gasteiger partial charge in [-0.1, -0.05) is 30.9 Å². The maximum absolute atomic E-state index is 8.99. The van der Waals surface area contributed by atoms with E-state index in [4.69, 9.17) is 9.84 Å². The molecule has 0 aromatic heterocycles. The summed E-state index contributed by atoms with van der Waals surface area (Å²) in [6, 6.07) is 7.98. The highest BCUT2D eigenvalue weighted by Gasteiger charge is 1.97. The van der Waals surface area contributed by atoms with Gasteiger partial charge in [0, 0.05) is 0 Å². The SMILES string of the molecule is C=Cc1cccc(COCC(C)O)c1. The van der Waals surface area contributed by atoms with E-state index in [0.717, 1.165) is 11.1 Å². The van der Waals surface area contributed by atoms with Gasteiger partial charge in [-0.05, 0) is 24.1 Å². The average molecular weight is 192 g/mol. The standard InChI is InChI=1S/C12H16O2/c1-3-11-5-4-6-12(7-11)9-14-8-10(2)13/h3-7,10,13H,1,8-9H2,2H3. The molecule has 1 atom stereocenters. The number of benzene rings is 1. The Bertz CT molecular complexity index is 292. The molecule has 0 aliphatic carbocycles. The van der Waals surface area contributed by atoms with Gasteiger partial charge in [-0.25, -0.2) is 0 Å². The first-order valence-corrected chi connectivity index (χ1v) is 4.69. The van der Waals surface area contributed by atoms with E-state index in [2.05, 4.69) is 6.58 Å². The van der Waals surface area contributed by atoms with Crippen molar-refractivity contribution in [2.75, 3.05) is 6.61 Å². The lowest BCUT2D eigenvalue weighted by Gasteiger charge is -2.06. The second kappa shape index (κ2) is 5.58. The van der Waals surface area contributed by atoms with Crippen LogP contribution in [0.5, 0.6) is 0 Å². The summed E-state index contributed by atoms with van der Waals surface area (Å²) < 4.78 is 5.30. The third-order valence-corrected chi connectivity index (χ3v) is 1.81. The Labute approximate surface area is 84.8 Å². The van der Waals surface area contributed by atoms with Gasteiger partial charge < -0.3 is 9.84 Å². The van der Waals surface area contributed by atoms with Crippen molar-refractivity contribution in [3.63, 3.8) is 0 Å². The van der Waals surface area contributed by atoms with Crippen molar-refractivity contribution in [2.45, 2.75) is 19.6 Å². The Kier molecular flexibility index (Phi) is 4.36. The molecule has 76 valence electrons. The van der Waals surface area contributed by atoms with Gasteiger partial charge in [-0.15, -0.1) is 0 Å². The minimum absolute atomic E-state index is 0.373. The van der Waals surface area contributed by atoms with Crippen molar-refractivity contribution in [3.05, 3.63) is 42.0 Å². The molecule has 0 aliphatic rings. The Morgan fingerprint density at radius 3 is 3.00 bits per heavy atom. The lowest BCUT2D eigenvalue weighted by Crippen LogP contribution is -2.10. The van der Waals surface area contributed by atoms with E-state index in [1.165, 1.54) is 0 Å². The van der Waals surface area contributed by atoms with Crippen molar-refractivity contribution in [2.24, 2.45) is 0 Å². The predicted molar refractivity (Wildman–Crippen MR) is 57.9 cm³/mol. The highest BCUT2D eigenvalue weighted by molar-refractivity contribution is 5.47. The second-order valence-corrected chi connectivity index (χ2v) is 3.31. The third kappa shape index (κ3) is 3.73. The normalized spacial score (nSPS) is 12.4. The van der Waals surface area contributed by atoms with Crippen LogP contribution in [0.15, 0.2) is 30.8 Å². The minimum atomic E-state index is -0.405. The van der Waals surface area contributed by atoms with Crippen LogP contribution in [-0.4, -0.2) is 17.8 Å². The molecular formula is C12H16O2. The van der Waals surface area contributed by atoms with Gasteiger partial charge in [-0.2, -0.15) is 0 Å². The summed E-state index contributed by atoms with van der Waals surface area (Å²) in [5.41, 5.74) is 2.19. The van der Waals surface area contributed by atoms with E-state index >= 15 is 0 Å². The maximum Gasteiger partial charge on any atom is 0.0745 e. The van der Waals surface area contributed by atoms with Gasteiger partial charge in [0.05, 0.1) is 19.3 Å². The van der Waals surface area contributed by atoms with Crippen LogP contribution in [-0.2, 0) is 11.3 Å². The molecule has 0 amide bonds. The highest BCUT2D eigenvalue weighted by atomic mass is 16.5. The topological polar surface area (TPSA) is 29.5 Å². The lowest BCUT2D eigenvalue weighted by atomic mass is 10.1. The van der Waals surface area contributed by atoms with E-state index in [1.54, 1.807) is 13.0 Å². The summed E-state index contributed by atoms with van der Waals surface area (Å²) in [5.74, 6) is 0. The first kappa shape index (κ1) is 11.0. The van der Waals surface area contributed by atoms with Crippen LogP contribution >= 0.6 is 0 Å². The zero-order chi connectivity index (χ0) is 10.4. The molecule has 1 rings (SSSR count). The second-order valence-electron chi connectivity index (χ2n) is 3.31. The van der Waals surface area contributed by atoms with E-state index in [1.807, 2.05) is 24.3 Å². The molecule has 1 aromatic rings. The molecule has 0 saturated carbocycles. The molecule has 0 bridgehead atoms. The monoisotopic (exact) mass is 192 g/mol. The highest BCUT2D eigenvalue weighted by Crippen LogP contribution is 2.07. The number of rotatable bonds is 5. The summed E-state index contributed by atoms with van der Waals surface area (Å²) in [6.07, 6.45) is 1.40. The molecule has 2 heteroatoms. The van der Waals surface area contributed by atoms with Crippen molar-refractivity contribution < 1.29 is 9.84 Å². The molecule has 2 nitrogen and oxygen atoms in total. The van der Waals surface area contributed by atoms with Crippen LogP contribution in [0, 0.1) is 0 Å². The third-order valence-electron chi connectivity index (χ3n) is 1.81. The molecule has 0 saturated heterocycles. The Morgan fingerprint density at radius 2 is 2.36 bits per heavy atom. The van der Waals surface area contributed by atoms with Gasteiger partial charge in [0.2, 0.25) is 0 Å². The van der Waals surface area contributed by atoms with Gasteiger partial charge in [0.1, 0.15) is 0 Å². The van der Waals surface area contributed by atoms with Crippen LogP contribution in [0.4, 0.5) is 0 Å². The van der Waals surface area contributed by atoms with Gasteiger partial charge >= 0.3 is 0 Å². The fraction of sp³-hybridized carbons (Fsp3) is 0.333. The Hall–Kier alpha value is -1.12. The van der Waals surface area contributed by atoms with Crippen LogP contribution in [0.25, 0.3) is 6.08 Å². The molecule has 0 fully saturated rings. The predicted octanol–water partition coefficient (Wildman–Crippen LogP) is 2.23. The van der Waals surface area contributed by atoms with E-state index in [0.29, 0.717) is 13.2 Å². The van der Waals surface area contributed by atoms with Gasteiger partial charge in [-0.3, -0.25) is 0 Å². The number of hydrogen-bond donors (Lipinski definition) is 1. The lowest BCUT2D eigenvalue weighted by molar-refractivity contribution is 0.0376. The molecule has 0 heterocycles. The first-order valence-electron chi connectivity index (χ1n) is 4.69. The maximum atomic E-state index is 8.99. The Balaban J connectivity index is 2.46. The molecule has 0 spiro atoms. The number of ether oxygens (including phenoxy) is 1. The van der Waals surface area contributed by atoms with E-state index < -0.39 is 6.10 Å². The fourth-order valence-electron chi connectivity index (χ4n) is 1.16. The van der Waals surface area contributed by atoms with Gasteiger partial charge in [0.25, 0.3) is 0 Å². The fourth-order valence-corrected chi connectivity index (χ4v) is 1.16. The smallest absolute Gasteiger partial charge is 0.0745 e. The molecule has 1 unspecified atom stereocenters. The molecule has 1 N–H and O–H groups in total. The first-order chi connectivity index (χ1) is 6.72. The molecule has 0 radical (unpaired) electrons. The molecule has 1 aromatic carbocycles. The van der Waals surface area contributed by atoms with Gasteiger partial charge in [0.15, 0.2) is 0 Å². The quantitative estimate of drug-likeness (QED) is 0.775. The van der Waals surface area contributed by atoms with Crippen molar-refractivity contribution in [1.82, 2.24) is 0 Å². The summed E-state index contributed by atoms with van der Waals surface area (Å²) in [7, 11) is 0. The van der Waals surface area contributed by atoms with Crippen molar-refractivity contribution in [3.8, 4) is 0 Å². The van der Waals surface area contributed by atoms with Crippen LogP contribution in [0.3, 0.4) is 0 Å². The average Bonchev–Trinajstić information content (AvgIpc) is 2.18. The van der Waals surface area contributed by atoms with E-state index in [-0.39, 0.29) is 0 Å². The number of hydrogen-bond acceptors (Lipinski definition) is 2. The number of aliphatic hydroxyl groups is 1. The van der Waals surface area contributed by atoms with Crippen LogP contribution in [0.2, 0.25) is 0 Å². The Morgan fingerprint density at radius 1 is 1.57 bits per heavy atom. The summed E-state index contributed by atoms with van der Waals surface area (Å²) in [5, 5.41) is 8.99. The summed E-state index contributed by atoms with van der Waals surface area (Å²) in [6.45, 7) is 6.32. The zero-order valence-corrected chi connectivity index (χ0v) is 8.44. The summed E-state index contributed by atoms with van der Waals surface area (Å²) in [4.78, 5) is 0. The van der Waals surface area contributed by atoms with Crippen molar-refractivity contribution in [1.29, 1.82) is 0 Å². The summed E-state index contributed by atoms with van der Waals surface area (Å²) >= 11 is 0. The molecular weight excluding hydrogens is 176 g/mol. The zero-order valence-electron chi connectivity index (χ0n) is 8.44. The number of aliphatic hydroxyl groups excluding tert-OH is 1. The van der Waals surface area contributed by atoms with Crippen LogP contribution < -0.4 is 0 Å². The van der Waals surface area contributed by atoms with Crippen LogP contribution in [0.1, 0.15) is 18.1 Å².